The molecule has 30 heavy (non-hydrogen) atoms. The number of aliphatic imine (C=N–C) groups is 1. The van der Waals surface area contributed by atoms with Crippen molar-refractivity contribution in [3.63, 3.8) is 0 Å². The molecular formula is C23H17N3O2S2. The highest BCUT2D eigenvalue weighted by Gasteiger charge is 2.30. The van der Waals surface area contributed by atoms with Gasteiger partial charge in [-0.25, -0.2) is 9.98 Å². The van der Waals surface area contributed by atoms with Gasteiger partial charge in [0.15, 0.2) is 0 Å². The van der Waals surface area contributed by atoms with E-state index in [2.05, 4.69) is 15.3 Å². The molecule has 0 saturated carbocycles. The number of para-hydroxylation sites is 1. The number of aromatic nitrogens is 1. The molecule has 2 amide bonds. The minimum Gasteiger partial charge on any atom is -0.326 e. The number of hydrogen-bond donors (Lipinski definition) is 1. The average Bonchev–Trinajstić information content (AvgIpc) is 3.30. The molecule has 0 bridgehead atoms. The first kappa shape index (κ1) is 19.0. The monoisotopic (exact) mass is 431 g/mol. The number of anilines is 1. The lowest BCUT2D eigenvalue weighted by Crippen LogP contribution is -2.21. The van der Waals surface area contributed by atoms with E-state index in [1.54, 1.807) is 11.3 Å². The van der Waals surface area contributed by atoms with E-state index < -0.39 is 5.25 Å². The van der Waals surface area contributed by atoms with Crippen LogP contribution in [0.3, 0.4) is 0 Å². The maximum absolute atomic E-state index is 12.5. The van der Waals surface area contributed by atoms with Crippen LogP contribution in [0.4, 0.5) is 5.69 Å². The molecule has 1 aliphatic rings. The number of fused-ring (bicyclic) bond motifs is 2. The highest BCUT2D eigenvalue weighted by atomic mass is 32.2. The molecule has 1 atom stereocenters. The number of thioether (sulfide) groups is 1. The second-order valence-electron chi connectivity index (χ2n) is 7.02. The van der Waals surface area contributed by atoms with Crippen molar-refractivity contribution in [2.24, 2.45) is 4.99 Å². The Morgan fingerprint density at radius 3 is 2.67 bits per heavy atom. The van der Waals surface area contributed by atoms with Crippen molar-refractivity contribution in [3.05, 3.63) is 71.7 Å². The first-order valence-corrected chi connectivity index (χ1v) is 11.2. The van der Waals surface area contributed by atoms with Crippen LogP contribution in [0.5, 0.6) is 0 Å². The second-order valence-corrected chi connectivity index (χ2v) is 9.41. The van der Waals surface area contributed by atoms with Crippen molar-refractivity contribution >= 4 is 66.6 Å². The van der Waals surface area contributed by atoms with Crippen LogP contribution in [-0.2, 0) is 16.0 Å². The van der Waals surface area contributed by atoms with Crippen molar-refractivity contribution in [3.8, 4) is 0 Å². The van der Waals surface area contributed by atoms with E-state index in [4.69, 9.17) is 0 Å². The molecule has 0 radical (unpaired) electrons. The Balaban J connectivity index is 1.21. The molecule has 3 aromatic carbocycles. The fraction of sp³-hybridized carbons (Fsp3) is 0.130. The number of nitrogens with one attached hydrogen (secondary N) is 1. The molecule has 1 aromatic heterocycles. The first-order chi connectivity index (χ1) is 14.6. The summed E-state index contributed by atoms with van der Waals surface area (Å²) in [6.07, 6.45) is 0.627. The van der Waals surface area contributed by atoms with Gasteiger partial charge in [0.1, 0.15) is 10.3 Å². The lowest BCUT2D eigenvalue weighted by Gasteiger charge is -2.09. The Labute approximate surface area is 181 Å². The molecule has 0 spiro atoms. The van der Waals surface area contributed by atoms with Gasteiger partial charge in [-0.1, -0.05) is 54.2 Å². The van der Waals surface area contributed by atoms with Gasteiger partial charge in [-0.15, -0.1) is 11.3 Å². The molecule has 5 nitrogen and oxygen atoms in total. The lowest BCUT2D eigenvalue weighted by atomic mass is 10.1. The van der Waals surface area contributed by atoms with E-state index in [9.17, 15) is 9.59 Å². The Hall–Kier alpha value is -3.03. The third-order valence-corrected chi connectivity index (χ3v) is 7.03. The fourth-order valence-electron chi connectivity index (χ4n) is 3.42. The largest absolute Gasteiger partial charge is 0.326 e. The molecule has 1 unspecified atom stereocenters. The number of carbonyl (C=O) groups is 2. The van der Waals surface area contributed by atoms with Gasteiger partial charge in [-0.2, -0.15) is 0 Å². The van der Waals surface area contributed by atoms with Crippen LogP contribution in [0, 0.1) is 0 Å². The van der Waals surface area contributed by atoms with E-state index in [-0.39, 0.29) is 18.2 Å². The van der Waals surface area contributed by atoms with E-state index in [0.717, 1.165) is 36.7 Å². The van der Waals surface area contributed by atoms with Gasteiger partial charge in [0.25, 0.3) is 5.91 Å². The van der Waals surface area contributed by atoms with Gasteiger partial charge in [-0.05, 0) is 35.0 Å². The molecule has 0 aliphatic carbocycles. The zero-order valence-electron chi connectivity index (χ0n) is 15.9. The summed E-state index contributed by atoms with van der Waals surface area (Å²) in [6.45, 7) is 0. The van der Waals surface area contributed by atoms with Crippen LogP contribution in [0.1, 0.15) is 11.4 Å². The topological polar surface area (TPSA) is 71.4 Å². The lowest BCUT2D eigenvalue weighted by molar-refractivity contribution is -0.121. The van der Waals surface area contributed by atoms with Gasteiger partial charge in [0, 0.05) is 18.5 Å². The van der Waals surface area contributed by atoms with E-state index in [1.807, 2.05) is 66.7 Å². The molecule has 2 heterocycles. The molecule has 0 fully saturated rings. The van der Waals surface area contributed by atoms with Gasteiger partial charge in [-0.3, -0.25) is 9.59 Å². The average molecular weight is 432 g/mol. The molecular weight excluding hydrogens is 414 g/mol. The number of benzene rings is 3. The third kappa shape index (κ3) is 3.99. The molecule has 1 aliphatic heterocycles. The zero-order valence-corrected chi connectivity index (χ0v) is 17.5. The van der Waals surface area contributed by atoms with E-state index in [1.165, 1.54) is 11.8 Å². The van der Waals surface area contributed by atoms with Gasteiger partial charge >= 0.3 is 0 Å². The summed E-state index contributed by atoms with van der Waals surface area (Å²) in [5.74, 6) is -0.433. The van der Waals surface area contributed by atoms with E-state index in [0.29, 0.717) is 6.42 Å². The van der Waals surface area contributed by atoms with Crippen LogP contribution in [0.15, 0.2) is 71.7 Å². The fourth-order valence-corrected chi connectivity index (χ4v) is 5.56. The summed E-state index contributed by atoms with van der Waals surface area (Å²) in [4.78, 5) is 33.6. The Kier molecular flexibility index (Phi) is 5.06. The smallest absolute Gasteiger partial charge is 0.260 e. The predicted octanol–water partition coefficient (Wildman–Crippen LogP) is 5.06. The minimum atomic E-state index is -0.477. The summed E-state index contributed by atoms with van der Waals surface area (Å²) in [5, 5.41) is 6.25. The highest BCUT2D eigenvalue weighted by Crippen LogP contribution is 2.30. The maximum Gasteiger partial charge on any atom is 0.260 e. The summed E-state index contributed by atoms with van der Waals surface area (Å²) in [6, 6.07) is 21.7. The van der Waals surface area contributed by atoms with Crippen LogP contribution in [0.25, 0.3) is 21.0 Å². The van der Waals surface area contributed by atoms with Crippen molar-refractivity contribution in [1.82, 2.24) is 4.98 Å². The van der Waals surface area contributed by atoms with Crippen molar-refractivity contribution < 1.29 is 9.59 Å². The zero-order chi connectivity index (χ0) is 20.5. The molecule has 0 saturated heterocycles. The Morgan fingerprint density at radius 1 is 1.00 bits per heavy atom. The second kappa shape index (κ2) is 8.01. The molecule has 5 rings (SSSR count). The van der Waals surface area contributed by atoms with Gasteiger partial charge < -0.3 is 5.32 Å². The number of rotatable bonds is 5. The summed E-state index contributed by atoms with van der Waals surface area (Å²) < 4.78 is 1.12. The molecule has 1 N–H and O–H groups in total. The standard InChI is InChI=1S/C23H17N3O2S2/c27-20(24-16-10-9-14-5-1-2-6-15(14)11-16)12-19-23(28)26-22(30-19)13-21-25-17-7-3-4-8-18(17)29-21/h1-11,19H,12-13H2,(H,24,27). The van der Waals surface area contributed by atoms with E-state index >= 15 is 0 Å². The molecule has 4 aromatic rings. The molecule has 7 heteroatoms. The van der Waals surface area contributed by atoms with Crippen LogP contribution in [0.2, 0.25) is 0 Å². The Bertz CT molecular complexity index is 1280. The van der Waals surface area contributed by atoms with Crippen LogP contribution < -0.4 is 5.32 Å². The first-order valence-electron chi connectivity index (χ1n) is 9.55. The quantitative estimate of drug-likeness (QED) is 0.479. The number of carbonyl (C=O) groups excluding carboxylic acids is 2. The molecule has 148 valence electrons. The number of nitrogens with zero attached hydrogens (tertiary/aromatic N) is 2. The predicted molar refractivity (Wildman–Crippen MR) is 124 cm³/mol. The SMILES string of the molecule is O=C(CC1SC(Cc2nc3ccccc3s2)=NC1=O)Nc1ccc2ccccc2c1. The Morgan fingerprint density at radius 2 is 1.80 bits per heavy atom. The number of thiazole rings is 1. The van der Waals surface area contributed by atoms with Crippen LogP contribution in [-0.4, -0.2) is 27.1 Å². The van der Waals surface area contributed by atoms with Crippen LogP contribution >= 0.6 is 23.1 Å². The highest BCUT2D eigenvalue weighted by molar-refractivity contribution is 8.15. The number of amides is 2. The van der Waals surface area contributed by atoms with Crippen molar-refractivity contribution in [2.45, 2.75) is 18.1 Å². The normalized spacial score (nSPS) is 16.2. The van der Waals surface area contributed by atoms with Crippen molar-refractivity contribution in [2.75, 3.05) is 5.32 Å². The summed E-state index contributed by atoms with van der Waals surface area (Å²) in [5.41, 5.74) is 1.68. The van der Waals surface area contributed by atoms with Gasteiger partial charge in [0.2, 0.25) is 5.91 Å². The maximum atomic E-state index is 12.5. The minimum absolute atomic E-state index is 0.100. The van der Waals surface area contributed by atoms with Gasteiger partial charge in [0.05, 0.1) is 15.3 Å². The summed E-state index contributed by atoms with van der Waals surface area (Å²) in [7, 11) is 0. The summed E-state index contributed by atoms with van der Waals surface area (Å²) >= 11 is 2.98. The van der Waals surface area contributed by atoms with Crippen molar-refractivity contribution in [1.29, 1.82) is 0 Å². The third-order valence-electron chi connectivity index (χ3n) is 4.83. The number of hydrogen-bond acceptors (Lipinski definition) is 5.